The minimum atomic E-state index is -0.357. The van der Waals surface area contributed by atoms with E-state index in [0.717, 1.165) is 90.8 Å². The number of ether oxygens (including phenoxy) is 2. The van der Waals surface area contributed by atoms with E-state index in [2.05, 4.69) is 59.2 Å². The fraction of sp³-hybridized carbons (Fsp3) is 0.267. The number of carbonyl (C=O) groups is 1. The van der Waals surface area contributed by atoms with Crippen molar-refractivity contribution in [3.63, 3.8) is 0 Å². The van der Waals surface area contributed by atoms with Crippen LogP contribution < -0.4 is 35.8 Å². The normalized spacial score (nSPS) is 14.5. The van der Waals surface area contributed by atoms with Gasteiger partial charge in [0.25, 0.3) is 0 Å². The first-order valence-corrected chi connectivity index (χ1v) is 21.3. The Morgan fingerprint density at radius 2 is 1.15 bits per heavy atom. The molecule has 0 spiro atoms. The van der Waals surface area contributed by atoms with Crippen molar-refractivity contribution in [2.45, 2.75) is 37.8 Å². The predicted molar refractivity (Wildman–Crippen MR) is 253 cm³/mol. The fourth-order valence-corrected chi connectivity index (χ4v) is 8.41. The highest BCUT2D eigenvalue weighted by Gasteiger charge is 2.23. The van der Waals surface area contributed by atoms with Gasteiger partial charge in [-0.2, -0.15) is 0 Å². The van der Waals surface area contributed by atoms with Gasteiger partial charge in [0.15, 0.2) is 10.2 Å². The van der Waals surface area contributed by atoms with Crippen molar-refractivity contribution in [1.82, 2.24) is 20.6 Å². The van der Waals surface area contributed by atoms with Crippen LogP contribution in [0.2, 0.25) is 10.0 Å². The SMILES string of the molecule is COC(=O)c1ccc(NC(=S)NC2CCN(c3ccnc4cc(Cl)ccc34)CC2)cc1.COc1cccc(NC(=S)NC2CCN(c3ccnc4cc(Cl)ccc34)CC2)c1. The lowest BCUT2D eigenvalue weighted by Gasteiger charge is -2.35. The van der Waals surface area contributed by atoms with Gasteiger partial charge in [-0.1, -0.05) is 29.3 Å². The number of thiocarbonyl (C=S) groups is 2. The van der Waals surface area contributed by atoms with Crippen molar-refractivity contribution in [1.29, 1.82) is 0 Å². The van der Waals surface area contributed by atoms with Gasteiger partial charge in [-0.05, 0) is 135 Å². The molecule has 0 unspecified atom stereocenters. The van der Waals surface area contributed by atoms with Crippen LogP contribution in [0.4, 0.5) is 22.7 Å². The largest absolute Gasteiger partial charge is 0.497 e. The van der Waals surface area contributed by atoms with Crippen molar-refractivity contribution in [3.05, 3.63) is 125 Å². The molecule has 6 aromatic rings. The highest BCUT2D eigenvalue weighted by molar-refractivity contribution is 7.80. The van der Waals surface area contributed by atoms with Crippen molar-refractivity contribution in [2.75, 3.05) is 60.8 Å². The molecule has 15 heteroatoms. The van der Waals surface area contributed by atoms with Crippen LogP contribution in [0, 0.1) is 0 Å². The third-order valence-corrected chi connectivity index (χ3v) is 11.5. The highest BCUT2D eigenvalue weighted by Crippen LogP contribution is 2.31. The van der Waals surface area contributed by atoms with Crippen molar-refractivity contribution >= 4 is 108 Å². The van der Waals surface area contributed by atoms with Gasteiger partial charge in [-0.15, -0.1) is 0 Å². The Bertz CT molecular complexity index is 2460. The molecule has 2 saturated heterocycles. The van der Waals surface area contributed by atoms with Gasteiger partial charge >= 0.3 is 5.97 Å². The van der Waals surface area contributed by atoms with Crippen LogP contribution >= 0.6 is 47.6 Å². The van der Waals surface area contributed by atoms with Gasteiger partial charge in [-0.25, -0.2) is 4.79 Å². The summed E-state index contributed by atoms with van der Waals surface area (Å²) in [5.74, 6) is 0.445. The lowest BCUT2D eigenvalue weighted by Crippen LogP contribution is -2.46. The summed E-state index contributed by atoms with van der Waals surface area (Å²) in [5.41, 5.74) is 6.48. The molecule has 11 nitrogen and oxygen atoms in total. The zero-order chi connectivity index (χ0) is 42.0. The second-order valence-electron chi connectivity index (χ2n) is 14.5. The van der Waals surface area contributed by atoms with E-state index in [1.807, 2.05) is 79.1 Å². The number of aromatic nitrogens is 2. The molecule has 2 aliphatic rings. The molecule has 8 rings (SSSR count). The van der Waals surface area contributed by atoms with E-state index in [-0.39, 0.29) is 5.97 Å². The molecular weight excluding hydrogens is 836 g/mol. The molecule has 4 N–H and O–H groups in total. The van der Waals surface area contributed by atoms with Crippen LogP contribution in [0.15, 0.2) is 109 Å². The van der Waals surface area contributed by atoms with Gasteiger partial charge in [0.05, 0.1) is 30.8 Å². The van der Waals surface area contributed by atoms with E-state index in [1.54, 1.807) is 19.2 Å². The predicted octanol–water partition coefficient (Wildman–Crippen LogP) is 9.48. The third kappa shape index (κ3) is 11.0. The number of nitrogens with zero attached hydrogens (tertiary/aromatic N) is 4. The third-order valence-electron chi connectivity index (χ3n) is 10.6. The summed E-state index contributed by atoms with van der Waals surface area (Å²) >= 11 is 23.2. The van der Waals surface area contributed by atoms with E-state index in [1.165, 1.54) is 18.5 Å². The number of fused-ring (bicyclic) bond motifs is 2. The first-order valence-electron chi connectivity index (χ1n) is 19.7. The number of hydrogen-bond acceptors (Lipinski definition) is 9. The first-order chi connectivity index (χ1) is 29.1. The number of rotatable bonds is 8. The molecule has 0 bridgehead atoms. The number of pyridine rings is 2. The number of carbonyl (C=O) groups excluding carboxylic acids is 1. The maximum atomic E-state index is 11.5. The maximum absolute atomic E-state index is 11.5. The molecule has 2 aromatic heterocycles. The van der Waals surface area contributed by atoms with E-state index in [0.29, 0.717) is 37.9 Å². The Kier molecular flexibility index (Phi) is 14.4. The minimum Gasteiger partial charge on any atom is -0.497 e. The van der Waals surface area contributed by atoms with Crippen LogP contribution in [0.25, 0.3) is 21.8 Å². The maximum Gasteiger partial charge on any atom is 0.337 e. The summed E-state index contributed by atoms with van der Waals surface area (Å²) in [5, 5.41) is 18.1. The number of esters is 1. The molecular formula is C45H46Cl2N8O3S2. The smallest absolute Gasteiger partial charge is 0.337 e. The molecule has 2 aliphatic heterocycles. The molecule has 4 heterocycles. The number of methoxy groups -OCH3 is 2. The van der Waals surface area contributed by atoms with Gasteiger partial charge < -0.3 is 40.5 Å². The number of halogens is 2. The number of piperidine rings is 2. The summed E-state index contributed by atoms with van der Waals surface area (Å²) in [7, 11) is 3.02. The van der Waals surface area contributed by atoms with Crippen LogP contribution in [-0.2, 0) is 4.74 Å². The summed E-state index contributed by atoms with van der Waals surface area (Å²) < 4.78 is 9.97. The van der Waals surface area contributed by atoms with Gasteiger partial charge in [-0.3, -0.25) is 9.97 Å². The zero-order valence-electron chi connectivity index (χ0n) is 33.3. The summed E-state index contributed by atoms with van der Waals surface area (Å²) in [6.07, 6.45) is 7.66. The van der Waals surface area contributed by atoms with Crippen LogP contribution in [-0.4, -0.2) is 78.6 Å². The van der Waals surface area contributed by atoms with E-state index in [9.17, 15) is 4.79 Å². The summed E-state index contributed by atoms with van der Waals surface area (Å²) in [6.45, 7) is 3.77. The summed E-state index contributed by atoms with van der Waals surface area (Å²) in [4.78, 5) is 25.2. The van der Waals surface area contributed by atoms with Crippen LogP contribution in [0.5, 0.6) is 5.75 Å². The Morgan fingerprint density at radius 3 is 1.63 bits per heavy atom. The fourth-order valence-electron chi connectivity index (χ4n) is 7.51. The molecule has 0 radical (unpaired) electrons. The Balaban J connectivity index is 0.000000182. The number of nitrogens with one attached hydrogen (secondary N) is 4. The number of anilines is 4. The molecule has 4 aromatic carbocycles. The first kappa shape index (κ1) is 42.6. The van der Waals surface area contributed by atoms with Gasteiger partial charge in [0.1, 0.15) is 5.75 Å². The number of hydrogen-bond donors (Lipinski definition) is 4. The lowest BCUT2D eigenvalue weighted by molar-refractivity contribution is 0.0600. The summed E-state index contributed by atoms with van der Waals surface area (Å²) in [6, 6.07) is 31.3. The molecule has 0 aliphatic carbocycles. The highest BCUT2D eigenvalue weighted by atomic mass is 35.5. The molecule has 2 fully saturated rings. The van der Waals surface area contributed by atoms with Crippen molar-refractivity contribution in [3.8, 4) is 5.75 Å². The van der Waals surface area contributed by atoms with Gasteiger partial charge in [0.2, 0.25) is 0 Å². The average molecular weight is 882 g/mol. The van der Waals surface area contributed by atoms with E-state index >= 15 is 0 Å². The topological polar surface area (TPSA) is 116 Å². The quantitative estimate of drug-likeness (QED) is 0.0861. The molecule has 60 heavy (non-hydrogen) atoms. The molecule has 310 valence electrons. The Hall–Kier alpha value is -5.47. The molecule has 0 saturated carbocycles. The van der Waals surface area contributed by atoms with E-state index < -0.39 is 0 Å². The second kappa shape index (κ2) is 20.2. The van der Waals surface area contributed by atoms with Gasteiger partial charge in [0, 0.05) is 100 Å². The van der Waals surface area contributed by atoms with Crippen molar-refractivity contribution < 1.29 is 14.3 Å². The molecule has 0 amide bonds. The standard InChI is InChI=1S/C23H23ClN4O2S.C22H23ClN4OS/c1-30-22(29)15-2-5-17(6-3-15)26-23(31)27-18-9-12-28(13-10-18)21-8-11-25-20-14-16(24)4-7-19(20)21;1-28-18-4-2-3-17(14-18)26-22(29)25-16-8-11-27(12-9-16)21-7-10-24-20-13-15(23)5-6-19(20)21/h2-8,11,14,18H,9-10,12-13H2,1H3,(H2,26,27,31);2-7,10,13-14,16H,8-9,11-12H2,1H3,(H2,25,26,29). The minimum absolute atomic E-state index is 0.299. The Labute approximate surface area is 370 Å². The van der Waals surface area contributed by atoms with Crippen LogP contribution in [0.3, 0.4) is 0 Å². The second-order valence-corrected chi connectivity index (χ2v) is 16.2. The average Bonchev–Trinajstić information content (AvgIpc) is 3.26. The molecule has 0 atom stereocenters. The van der Waals surface area contributed by atoms with Crippen molar-refractivity contribution in [2.24, 2.45) is 0 Å². The zero-order valence-corrected chi connectivity index (χ0v) is 36.4. The van der Waals surface area contributed by atoms with Crippen LogP contribution in [0.1, 0.15) is 36.0 Å². The lowest BCUT2D eigenvalue weighted by atomic mass is 10.0. The monoisotopic (exact) mass is 880 g/mol. The Morgan fingerprint density at radius 1 is 0.650 bits per heavy atom. The number of benzene rings is 4. The van der Waals surface area contributed by atoms with E-state index in [4.69, 9.17) is 57.1 Å².